The molecule has 36 heavy (non-hydrogen) atoms. The average molecular weight is 590 g/mol. The Hall–Kier alpha value is -2.81. The Kier molecular flexibility index (Phi) is 8.72. The molecule has 3 aromatic carbocycles. The molecule has 1 aliphatic rings. The molecule has 5 nitrogen and oxygen atoms in total. The van der Waals surface area contributed by atoms with E-state index in [1.807, 2.05) is 50.2 Å². The molecule has 1 fully saturated rings. The maximum atomic E-state index is 13.3. The van der Waals surface area contributed by atoms with Crippen molar-refractivity contribution < 1.29 is 18.7 Å². The highest BCUT2D eigenvalue weighted by Gasteiger charge is 2.32. The second-order valence-electron chi connectivity index (χ2n) is 7.71. The van der Waals surface area contributed by atoms with Gasteiger partial charge in [0.15, 0.2) is 16.7 Å². The molecule has 0 atom stereocenters. The molecule has 9 heteroatoms. The normalized spacial score (nSPS) is 15.7. The second kappa shape index (κ2) is 12.0. The van der Waals surface area contributed by atoms with Gasteiger partial charge in [-0.3, -0.25) is 9.69 Å². The van der Waals surface area contributed by atoms with Gasteiger partial charge in [0.05, 0.1) is 21.7 Å². The van der Waals surface area contributed by atoms with Gasteiger partial charge in [-0.05, 0) is 107 Å². The lowest BCUT2D eigenvalue weighted by molar-refractivity contribution is -0.122. The summed E-state index contributed by atoms with van der Waals surface area (Å²) in [5, 5.41) is 1.21. The van der Waals surface area contributed by atoms with Crippen LogP contribution < -0.4 is 9.47 Å². The molecule has 0 aliphatic carbocycles. The van der Waals surface area contributed by atoms with Crippen molar-refractivity contribution in [2.24, 2.45) is 4.99 Å². The average Bonchev–Trinajstić information content (AvgIpc) is 3.14. The van der Waals surface area contributed by atoms with Crippen LogP contribution >= 0.6 is 39.3 Å². The van der Waals surface area contributed by atoms with Gasteiger partial charge in [-0.15, -0.1) is 0 Å². The van der Waals surface area contributed by atoms with E-state index in [2.05, 4.69) is 20.9 Å². The minimum Gasteiger partial charge on any atom is -0.490 e. The van der Waals surface area contributed by atoms with Crippen LogP contribution in [0, 0.1) is 5.82 Å². The molecule has 1 aliphatic heterocycles. The standard InChI is InChI=1S/C27H23BrClFN2O3S/c1-3-32-26(33)24(36-27(32)31-21-11-9-20(30)10-12-21)15-18-13-22(28)25(23(14-18)34-4-2)35-16-17-5-7-19(29)8-6-17/h5-15H,3-4,16H2,1-2H3/b24-15+,31-27?. The number of hydrogen-bond acceptors (Lipinski definition) is 5. The monoisotopic (exact) mass is 588 g/mol. The zero-order chi connectivity index (χ0) is 25.7. The van der Waals surface area contributed by atoms with Crippen molar-refractivity contribution in [3.63, 3.8) is 0 Å². The fourth-order valence-corrected chi connectivity index (χ4v) is 5.22. The number of halogens is 3. The molecule has 0 radical (unpaired) electrons. The van der Waals surface area contributed by atoms with Gasteiger partial charge in [-0.25, -0.2) is 9.38 Å². The van der Waals surface area contributed by atoms with E-state index >= 15 is 0 Å². The first-order valence-corrected chi connectivity index (χ1v) is 13.3. The first-order chi connectivity index (χ1) is 17.4. The number of benzene rings is 3. The van der Waals surface area contributed by atoms with Gasteiger partial charge in [0.1, 0.15) is 12.4 Å². The fraction of sp³-hybridized carbons (Fsp3) is 0.185. The number of amidine groups is 1. The maximum absolute atomic E-state index is 13.3. The number of ether oxygens (including phenoxy) is 2. The highest BCUT2D eigenvalue weighted by molar-refractivity contribution is 9.10. The third kappa shape index (κ3) is 6.30. The van der Waals surface area contributed by atoms with E-state index in [0.717, 1.165) is 11.1 Å². The predicted molar refractivity (Wildman–Crippen MR) is 148 cm³/mol. The number of nitrogens with zero attached hydrogens (tertiary/aromatic N) is 2. The molecule has 3 aromatic rings. The summed E-state index contributed by atoms with van der Waals surface area (Å²) in [4.78, 5) is 19.7. The number of carbonyl (C=O) groups excluding carboxylic acids is 1. The minimum atomic E-state index is -0.335. The van der Waals surface area contributed by atoms with Crippen molar-refractivity contribution in [1.29, 1.82) is 0 Å². The summed E-state index contributed by atoms with van der Waals surface area (Å²) in [5.74, 6) is 0.669. The topological polar surface area (TPSA) is 51.1 Å². The van der Waals surface area contributed by atoms with Gasteiger partial charge in [-0.2, -0.15) is 0 Å². The second-order valence-corrected chi connectivity index (χ2v) is 10.0. The third-order valence-electron chi connectivity index (χ3n) is 5.18. The lowest BCUT2D eigenvalue weighted by Gasteiger charge is -2.15. The quantitative estimate of drug-likeness (QED) is 0.251. The number of hydrogen-bond donors (Lipinski definition) is 0. The van der Waals surface area contributed by atoms with Gasteiger partial charge in [-0.1, -0.05) is 23.7 Å². The largest absolute Gasteiger partial charge is 0.490 e. The highest BCUT2D eigenvalue weighted by atomic mass is 79.9. The summed E-state index contributed by atoms with van der Waals surface area (Å²) < 4.78 is 25.9. The molecule has 0 N–H and O–H groups in total. The SMILES string of the molecule is CCOc1cc(/C=C2/SC(=Nc3ccc(F)cc3)N(CC)C2=O)cc(Br)c1OCc1ccc(Cl)cc1. The first-order valence-electron chi connectivity index (χ1n) is 11.3. The van der Waals surface area contributed by atoms with Crippen molar-refractivity contribution in [2.75, 3.05) is 13.2 Å². The molecule has 0 aromatic heterocycles. The molecular weight excluding hydrogens is 567 g/mol. The van der Waals surface area contributed by atoms with Crippen LogP contribution in [0.3, 0.4) is 0 Å². The molecule has 0 unspecified atom stereocenters. The lowest BCUT2D eigenvalue weighted by atomic mass is 10.1. The van der Waals surface area contributed by atoms with Gasteiger partial charge in [0, 0.05) is 11.6 Å². The molecule has 186 valence electrons. The van der Waals surface area contributed by atoms with Crippen LogP contribution in [0.15, 0.2) is 75.0 Å². The maximum Gasteiger partial charge on any atom is 0.266 e. The third-order valence-corrected chi connectivity index (χ3v) is 7.03. The summed E-state index contributed by atoms with van der Waals surface area (Å²) in [6, 6.07) is 17.0. The lowest BCUT2D eigenvalue weighted by Crippen LogP contribution is -2.28. The van der Waals surface area contributed by atoms with Gasteiger partial charge in [0.25, 0.3) is 5.91 Å². The van der Waals surface area contributed by atoms with E-state index in [0.29, 0.717) is 56.5 Å². The van der Waals surface area contributed by atoms with Gasteiger partial charge < -0.3 is 9.47 Å². The number of amides is 1. The molecule has 0 bridgehead atoms. The number of thioether (sulfide) groups is 1. The first kappa shape index (κ1) is 26.3. The Morgan fingerprint density at radius 2 is 1.81 bits per heavy atom. The van der Waals surface area contributed by atoms with E-state index in [1.54, 1.807) is 23.1 Å². The molecule has 1 amide bonds. The van der Waals surface area contributed by atoms with Crippen LogP contribution in [0.2, 0.25) is 5.02 Å². The van der Waals surface area contributed by atoms with E-state index in [9.17, 15) is 9.18 Å². The summed E-state index contributed by atoms with van der Waals surface area (Å²) in [6.45, 7) is 5.05. The fourth-order valence-electron chi connectivity index (χ4n) is 3.46. The van der Waals surface area contributed by atoms with Crippen molar-refractivity contribution in [3.8, 4) is 11.5 Å². The molecule has 1 heterocycles. The molecule has 4 rings (SSSR count). The Labute approximate surface area is 227 Å². The van der Waals surface area contributed by atoms with Crippen LogP contribution in [0.25, 0.3) is 6.08 Å². The van der Waals surface area contributed by atoms with Crippen molar-refractivity contribution in [2.45, 2.75) is 20.5 Å². The van der Waals surface area contributed by atoms with E-state index in [4.69, 9.17) is 21.1 Å². The van der Waals surface area contributed by atoms with Gasteiger partial charge in [0.2, 0.25) is 0 Å². The van der Waals surface area contributed by atoms with Gasteiger partial charge >= 0.3 is 0 Å². The highest BCUT2D eigenvalue weighted by Crippen LogP contribution is 2.40. The summed E-state index contributed by atoms with van der Waals surface area (Å²) in [7, 11) is 0. The summed E-state index contributed by atoms with van der Waals surface area (Å²) in [5.41, 5.74) is 2.33. The molecule has 1 saturated heterocycles. The van der Waals surface area contributed by atoms with Crippen molar-refractivity contribution in [3.05, 3.63) is 92.0 Å². The van der Waals surface area contributed by atoms with E-state index in [-0.39, 0.29) is 11.7 Å². The Balaban J connectivity index is 1.60. The summed E-state index contributed by atoms with van der Waals surface area (Å²) >= 11 is 10.8. The summed E-state index contributed by atoms with van der Waals surface area (Å²) in [6.07, 6.45) is 1.80. The van der Waals surface area contributed by atoms with Crippen molar-refractivity contribution >= 4 is 62.1 Å². The Morgan fingerprint density at radius 3 is 2.47 bits per heavy atom. The van der Waals surface area contributed by atoms with Crippen molar-refractivity contribution in [1.82, 2.24) is 4.90 Å². The number of rotatable bonds is 8. The minimum absolute atomic E-state index is 0.138. The Bertz CT molecular complexity index is 1310. The van der Waals surface area contributed by atoms with E-state index < -0.39 is 0 Å². The van der Waals surface area contributed by atoms with Crippen LogP contribution in [-0.4, -0.2) is 29.1 Å². The van der Waals surface area contributed by atoms with Crippen LogP contribution in [0.5, 0.6) is 11.5 Å². The van der Waals surface area contributed by atoms with E-state index in [1.165, 1.54) is 23.9 Å². The molecule has 0 spiro atoms. The number of aliphatic imine (C=N–C) groups is 1. The van der Waals surface area contributed by atoms with Crippen LogP contribution in [0.1, 0.15) is 25.0 Å². The molecule has 0 saturated carbocycles. The predicted octanol–water partition coefficient (Wildman–Crippen LogP) is 7.84. The zero-order valence-corrected chi connectivity index (χ0v) is 22.8. The van der Waals surface area contributed by atoms with Crippen LogP contribution in [-0.2, 0) is 11.4 Å². The number of likely N-dealkylation sites (N-methyl/N-ethyl adjacent to an activating group) is 1. The number of carbonyl (C=O) groups is 1. The zero-order valence-electron chi connectivity index (χ0n) is 19.6. The Morgan fingerprint density at radius 1 is 1.08 bits per heavy atom. The van der Waals surface area contributed by atoms with Crippen LogP contribution in [0.4, 0.5) is 10.1 Å². The smallest absolute Gasteiger partial charge is 0.266 e. The molecular formula is C27H23BrClFN2O3S.